The Hall–Kier alpha value is -2.19. The molecule has 0 aliphatic heterocycles. The van der Waals surface area contributed by atoms with E-state index >= 15 is 0 Å². The van der Waals surface area contributed by atoms with Crippen LogP contribution in [0.15, 0.2) is 35.6 Å². The maximum atomic E-state index is 5.58. The molecule has 1 aromatic carbocycles. The van der Waals surface area contributed by atoms with Gasteiger partial charge in [-0.15, -0.1) is 0 Å². The summed E-state index contributed by atoms with van der Waals surface area (Å²) in [5.74, 6) is 3.42. The van der Waals surface area contributed by atoms with Gasteiger partial charge in [0.05, 0.1) is 16.8 Å². The Morgan fingerprint density at radius 2 is 2.13 bits per heavy atom. The predicted molar refractivity (Wildman–Crippen MR) is 126 cm³/mol. The minimum Gasteiger partial charge on any atom is -0.359 e. The lowest BCUT2D eigenvalue weighted by molar-refractivity contribution is 0.392. The maximum Gasteiger partial charge on any atom is 0.188 e. The van der Waals surface area contributed by atoms with E-state index in [1.807, 2.05) is 13.0 Å². The molecule has 2 aliphatic carbocycles. The average Bonchev–Trinajstić information content (AvgIpc) is 3.41. The van der Waals surface area contributed by atoms with E-state index in [-0.39, 0.29) is 0 Å². The van der Waals surface area contributed by atoms with Crippen molar-refractivity contribution < 1.29 is 0 Å². The molecule has 2 bridgehead atoms. The van der Waals surface area contributed by atoms with Gasteiger partial charge in [-0.2, -0.15) is 0 Å². The van der Waals surface area contributed by atoms with Crippen LogP contribution in [0.5, 0.6) is 0 Å². The molecule has 0 unspecified atom stereocenters. The summed E-state index contributed by atoms with van der Waals surface area (Å²) in [4.78, 5) is 13.6. The summed E-state index contributed by atoms with van der Waals surface area (Å²) in [5, 5.41) is 8.40. The van der Waals surface area contributed by atoms with Crippen LogP contribution in [0.1, 0.15) is 37.2 Å². The van der Waals surface area contributed by atoms with Gasteiger partial charge < -0.3 is 15.2 Å². The van der Waals surface area contributed by atoms with E-state index in [1.165, 1.54) is 25.7 Å². The van der Waals surface area contributed by atoms with Crippen molar-refractivity contribution in [2.45, 2.75) is 49.6 Å². The van der Waals surface area contributed by atoms with E-state index in [0.717, 1.165) is 56.1 Å². The fourth-order valence-electron chi connectivity index (χ4n) is 4.84. The molecule has 2 N–H and O–H groups in total. The first-order chi connectivity index (χ1) is 14.5. The number of nitrogens with one attached hydrogen (secondary N) is 2. The van der Waals surface area contributed by atoms with E-state index in [2.05, 4.69) is 50.4 Å². The topological polar surface area (TPSA) is 67.7 Å². The van der Waals surface area contributed by atoms with Crippen molar-refractivity contribution >= 4 is 45.8 Å². The summed E-state index contributed by atoms with van der Waals surface area (Å²) in [5.41, 5.74) is 4.02. The van der Waals surface area contributed by atoms with Crippen LogP contribution in [0, 0.1) is 18.8 Å². The molecule has 0 saturated heterocycles. The van der Waals surface area contributed by atoms with E-state index in [0.29, 0.717) is 6.04 Å². The first kappa shape index (κ1) is 19.8. The highest BCUT2D eigenvalue weighted by Crippen LogP contribution is 2.44. The first-order valence-corrected chi connectivity index (χ1v) is 11.9. The Labute approximate surface area is 186 Å². The van der Waals surface area contributed by atoms with E-state index in [4.69, 9.17) is 17.2 Å². The Bertz CT molecular complexity index is 1090. The Morgan fingerprint density at radius 3 is 2.90 bits per heavy atom. The van der Waals surface area contributed by atoms with Crippen molar-refractivity contribution in [3.63, 3.8) is 0 Å². The summed E-state index contributed by atoms with van der Waals surface area (Å²) in [7, 11) is 2.05. The standard InChI is InChI=1S/C22H26N6S2/c1-13-7-8-23-22(24-13)30-12-20-26-18-11-16(5-6-19(18)28(20)2)25-21(29)27-17-10-14-3-4-15(17)9-14/h5-8,11,14-15,17H,3-4,9-10,12H2,1-2H3,(H2,25,27,29)/t14-,15+,17-/m0/s1. The number of thiocarbonyl (C=S) groups is 1. The van der Waals surface area contributed by atoms with Crippen molar-refractivity contribution in [3.05, 3.63) is 42.0 Å². The molecule has 8 heteroatoms. The molecule has 2 aromatic heterocycles. The smallest absolute Gasteiger partial charge is 0.188 e. The molecule has 0 amide bonds. The van der Waals surface area contributed by atoms with Crippen molar-refractivity contribution in [2.75, 3.05) is 5.32 Å². The van der Waals surface area contributed by atoms with Gasteiger partial charge in [-0.1, -0.05) is 18.2 Å². The predicted octanol–water partition coefficient (Wildman–Crippen LogP) is 4.44. The van der Waals surface area contributed by atoms with E-state index in [1.54, 1.807) is 18.0 Å². The molecule has 5 rings (SSSR count). The molecule has 2 heterocycles. The summed E-state index contributed by atoms with van der Waals surface area (Å²) in [6, 6.07) is 8.68. The van der Waals surface area contributed by atoms with Gasteiger partial charge in [0.1, 0.15) is 5.82 Å². The van der Waals surface area contributed by atoms with Gasteiger partial charge in [0.15, 0.2) is 10.3 Å². The zero-order valence-corrected chi connectivity index (χ0v) is 18.9. The lowest BCUT2D eigenvalue weighted by Crippen LogP contribution is -2.40. The highest BCUT2D eigenvalue weighted by Gasteiger charge is 2.39. The van der Waals surface area contributed by atoms with Gasteiger partial charge in [0.2, 0.25) is 0 Å². The number of aromatic nitrogens is 4. The van der Waals surface area contributed by atoms with Gasteiger partial charge in [0.25, 0.3) is 0 Å². The van der Waals surface area contributed by atoms with Gasteiger partial charge >= 0.3 is 0 Å². The third-order valence-electron chi connectivity index (χ3n) is 6.39. The number of hydrogen-bond acceptors (Lipinski definition) is 5. The van der Waals surface area contributed by atoms with Crippen molar-refractivity contribution in [2.24, 2.45) is 18.9 Å². The molecule has 6 nitrogen and oxygen atoms in total. The van der Waals surface area contributed by atoms with Gasteiger partial charge in [-0.05, 0) is 74.5 Å². The second-order valence-corrected chi connectivity index (χ2v) is 9.79. The third-order valence-corrected chi connectivity index (χ3v) is 7.47. The number of fused-ring (bicyclic) bond motifs is 3. The minimum absolute atomic E-state index is 0.537. The van der Waals surface area contributed by atoms with Gasteiger partial charge in [0, 0.05) is 30.7 Å². The van der Waals surface area contributed by atoms with Crippen LogP contribution in [0.2, 0.25) is 0 Å². The van der Waals surface area contributed by atoms with Crippen LogP contribution >= 0.6 is 24.0 Å². The molecule has 0 radical (unpaired) electrons. The second kappa shape index (κ2) is 8.15. The number of nitrogens with zero attached hydrogens (tertiary/aromatic N) is 4. The number of imidazole rings is 1. The van der Waals surface area contributed by atoms with E-state index < -0.39 is 0 Å². The van der Waals surface area contributed by atoms with Gasteiger partial charge in [-0.25, -0.2) is 15.0 Å². The number of anilines is 1. The van der Waals surface area contributed by atoms with Crippen LogP contribution in [-0.4, -0.2) is 30.7 Å². The third kappa shape index (κ3) is 4.03. The van der Waals surface area contributed by atoms with E-state index in [9.17, 15) is 0 Å². The zero-order valence-electron chi connectivity index (χ0n) is 17.3. The first-order valence-electron chi connectivity index (χ1n) is 10.5. The largest absolute Gasteiger partial charge is 0.359 e. The van der Waals surface area contributed by atoms with Crippen LogP contribution in [0.4, 0.5) is 5.69 Å². The SMILES string of the molecule is Cc1ccnc(SCc2nc3cc(NC(=S)N[C@H]4C[C@H]5CC[C@@H]4C5)ccc3n2C)n1. The van der Waals surface area contributed by atoms with Crippen LogP contribution in [0.25, 0.3) is 11.0 Å². The molecular formula is C22H26N6S2. The Balaban J connectivity index is 1.25. The van der Waals surface area contributed by atoms with Gasteiger partial charge in [-0.3, -0.25) is 0 Å². The van der Waals surface area contributed by atoms with Crippen LogP contribution < -0.4 is 10.6 Å². The molecule has 2 saturated carbocycles. The highest BCUT2D eigenvalue weighted by atomic mass is 32.2. The summed E-state index contributed by atoms with van der Waals surface area (Å²) >= 11 is 7.19. The lowest BCUT2D eigenvalue weighted by Gasteiger charge is -2.24. The molecular weight excluding hydrogens is 412 g/mol. The Morgan fingerprint density at radius 1 is 1.23 bits per heavy atom. The molecule has 2 aliphatic rings. The number of rotatable bonds is 5. The monoisotopic (exact) mass is 438 g/mol. The second-order valence-electron chi connectivity index (χ2n) is 8.44. The molecule has 2 fully saturated rings. The van der Waals surface area contributed by atoms with Crippen molar-refractivity contribution in [3.8, 4) is 0 Å². The molecule has 156 valence electrons. The number of hydrogen-bond donors (Lipinski definition) is 2. The van der Waals surface area contributed by atoms with Crippen LogP contribution in [0.3, 0.4) is 0 Å². The number of aryl methyl sites for hydroxylation is 2. The summed E-state index contributed by atoms with van der Waals surface area (Å²) in [6.45, 7) is 1.98. The highest BCUT2D eigenvalue weighted by molar-refractivity contribution is 7.98. The number of thioether (sulfide) groups is 1. The summed E-state index contributed by atoms with van der Waals surface area (Å²) < 4.78 is 2.13. The Kier molecular flexibility index (Phi) is 5.37. The zero-order chi connectivity index (χ0) is 20.7. The minimum atomic E-state index is 0.537. The molecule has 3 aromatic rings. The van der Waals surface area contributed by atoms with Crippen LogP contribution in [-0.2, 0) is 12.8 Å². The molecule has 0 spiro atoms. The fraction of sp³-hybridized carbons (Fsp3) is 0.455. The normalized spacial score (nSPS) is 22.5. The maximum absolute atomic E-state index is 5.58. The molecule has 30 heavy (non-hydrogen) atoms. The lowest BCUT2D eigenvalue weighted by atomic mass is 9.96. The molecule has 3 atom stereocenters. The van der Waals surface area contributed by atoms with Crippen molar-refractivity contribution in [1.82, 2.24) is 24.8 Å². The number of benzene rings is 1. The summed E-state index contributed by atoms with van der Waals surface area (Å²) in [6.07, 6.45) is 7.17. The average molecular weight is 439 g/mol. The van der Waals surface area contributed by atoms with Crippen molar-refractivity contribution in [1.29, 1.82) is 0 Å². The fourth-order valence-corrected chi connectivity index (χ4v) is 5.97. The quantitative estimate of drug-likeness (QED) is 0.347.